The Labute approximate surface area is 121 Å². The normalized spacial score (nSPS) is 15.3. The first-order valence-corrected chi connectivity index (χ1v) is 7.14. The number of hydrogen-bond donors (Lipinski definition) is 1. The minimum absolute atomic E-state index is 0.0264. The lowest BCUT2D eigenvalue weighted by Gasteiger charge is -2.36. The molecule has 0 bridgehead atoms. The largest absolute Gasteiger partial charge is 0.481 e. The fraction of sp³-hybridized carbons (Fsp3) is 0.733. The summed E-state index contributed by atoms with van der Waals surface area (Å²) < 4.78 is 0. The van der Waals surface area contributed by atoms with Crippen molar-refractivity contribution in [2.75, 3.05) is 20.1 Å². The van der Waals surface area contributed by atoms with Crippen LogP contribution in [0.4, 0.5) is 0 Å². The maximum Gasteiger partial charge on any atom is 0.304 e. The molecule has 1 rings (SSSR count). The van der Waals surface area contributed by atoms with Gasteiger partial charge in [-0.15, -0.1) is 0 Å². The third-order valence-corrected chi connectivity index (χ3v) is 3.69. The van der Waals surface area contributed by atoms with Crippen molar-refractivity contribution in [1.82, 2.24) is 9.80 Å². The highest BCUT2D eigenvalue weighted by Gasteiger charge is 2.26. The van der Waals surface area contributed by atoms with Gasteiger partial charge < -0.3 is 10.0 Å². The molecule has 5 heteroatoms. The molecule has 5 nitrogen and oxygen atoms in total. The molecule has 20 heavy (non-hydrogen) atoms. The van der Waals surface area contributed by atoms with Crippen LogP contribution >= 0.6 is 0 Å². The van der Waals surface area contributed by atoms with Crippen LogP contribution in [0, 0.1) is 0 Å². The van der Waals surface area contributed by atoms with Gasteiger partial charge in [0.1, 0.15) is 0 Å². The molecule has 0 aromatic heterocycles. The topological polar surface area (TPSA) is 60.9 Å². The minimum atomic E-state index is -0.835. The molecule has 0 unspecified atom stereocenters. The predicted molar refractivity (Wildman–Crippen MR) is 78.3 cm³/mol. The molecule has 1 aliphatic rings. The molecule has 0 atom stereocenters. The van der Waals surface area contributed by atoms with E-state index in [-0.39, 0.29) is 24.4 Å². The first-order valence-electron chi connectivity index (χ1n) is 7.14. The molecule has 1 N–H and O–H groups in total. The second kappa shape index (κ2) is 6.88. The Morgan fingerprint density at radius 1 is 1.35 bits per heavy atom. The van der Waals surface area contributed by atoms with E-state index >= 15 is 0 Å². The number of nitrogens with zero attached hydrogens (tertiary/aromatic N) is 2. The first-order chi connectivity index (χ1) is 9.21. The highest BCUT2D eigenvalue weighted by Crippen LogP contribution is 2.21. The van der Waals surface area contributed by atoms with E-state index in [2.05, 4.69) is 6.08 Å². The third-order valence-electron chi connectivity index (χ3n) is 3.69. The zero-order chi connectivity index (χ0) is 15.3. The van der Waals surface area contributed by atoms with E-state index in [0.717, 1.165) is 25.0 Å². The molecule has 1 amide bonds. The van der Waals surface area contributed by atoms with Gasteiger partial charge >= 0.3 is 5.97 Å². The number of carbonyl (C=O) groups is 2. The SMILES string of the molecule is CN(C(=O)CN(CCC(=O)O)C(C)(C)C)C1=CCCC1. The summed E-state index contributed by atoms with van der Waals surface area (Å²) >= 11 is 0. The number of hydrogen-bond acceptors (Lipinski definition) is 3. The standard InChI is InChI=1S/C15H26N2O3/c1-15(2,3)17(10-9-14(19)20)11-13(18)16(4)12-7-5-6-8-12/h7H,5-6,8-11H2,1-4H3,(H,19,20). The number of carboxylic acid groups (broad SMARTS) is 1. The van der Waals surface area contributed by atoms with Crippen molar-refractivity contribution in [2.45, 2.75) is 52.0 Å². The molecule has 1 aliphatic carbocycles. The van der Waals surface area contributed by atoms with Gasteiger partial charge in [0.25, 0.3) is 0 Å². The summed E-state index contributed by atoms with van der Waals surface area (Å²) in [7, 11) is 1.80. The summed E-state index contributed by atoms with van der Waals surface area (Å²) in [6.07, 6.45) is 5.25. The molecule has 0 aliphatic heterocycles. The lowest BCUT2D eigenvalue weighted by Crippen LogP contribution is -2.48. The second-order valence-electron chi connectivity index (χ2n) is 6.28. The van der Waals surface area contributed by atoms with E-state index in [1.54, 1.807) is 11.9 Å². The Morgan fingerprint density at radius 3 is 2.45 bits per heavy atom. The van der Waals surface area contributed by atoms with Gasteiger partial charge in [-0.1, -0.05) is 6.08 Å². The van der Waals surface area contributed by atoms with Crippen molar-refractivity contribution in [3.8, 4) is 0 Å². The first kappa shape index (κ1) is 16.7. The highest BCUT2D eigenvalue weighted by molar-refractivity contribution is 5.80. The Kier molecular flexibility index (Phi) is 5.74. The van der Waals surface area contributed by atoms with E-state index in [1.165, 1.54) is 0 Å². The number of allylic oxidation sites excluding steroid dienone is 2. The number of rotatable bonds is 6. The predicted octanol–water partition coefficient (Wildman–Crippen LogP) is 2.09. The molecule has 0 heterocycles. The van der Waals surface area contributed by atoms with Crippen LogP contribution in [0.3, 0.4) is 0 Å². The molecule has 0 radical (unpaired) electrons. The van der Waals surface area contributed by atoms with E-state index < -0.39 is 5.97 Å². The van der Waals surface area contributed by atoms with Crippen molar-refractivity contribution in [2.24, 2.45) is 0 Å². The molecule has 0 spiro atoms. The quantitative estimate of drug-likeness (QED) is 0.810. The molecular weight excluding hydrogens is 256 g/mol. The van der Waals surface area contributed by atoms with Crippen molar-refractivity contribution in [1.29, 1.82) is 0 Å². The van der Waals surface area contributed by atoms with Gasteiger partial charge in [0, 0.05) is 24.8 Å². The number of aliphatic carboxylic acids is 1. The third kappa shape index (κ3) is 4.96. The Morgan fingerprint density at radius 2 is 2.00 bits per heavy atom. The van der Waals surface area contributed by atoms with Crippen LogP contribution in [0.2, 0.25) is 0 Å². The molecule has 0 fully saturated rings. The van der Waals surface area contributed by atoms with Gasteiger partial charge in [0.15, 0.2) is 0 Å². The number of carboxylic acids is 1. The monoisotopic (exact) mass is 282 g/mol. The van der Waals surface area contributed by atoms with Gasteiger partial charge in [0.05, 0.1) is 13.0 Å². The van der Waals surface area contributed by atoms with Gasteiger partial charge in [-0.05, 0) is 40.0 Å². The molecule has 114 valence electrons. The molecule has 0 saturated carbocycles. The summed E-state index contributed by atoms with van der Waals surface area (Å²) in [6, 6.07) is 0. The van der Waals surface area contributed by atoms with E-state index in [4.69, 9.17) is 5.11 Å². The van der Waals surface area contributed by atoms with Crippen LogP contribution in [0.5, 0.6) is 0 Å². The van der Waals surface area contributed by atoms with Crippen LogP contribution in [0.25, 0.3) is 0 Å². The van der Waals surface area contributed by atoms with Crippen LogP contribution < -0.4 is 0 Å². The lowest BCUT2D eigenvalue weighted by molar-refractivity contribution is -0.139. The van der Waals surface area contributed by atoms with E-state index in [0.29, 0.717) is 6.54 Å². The van der Waals surface area contributed by atoms with Crippen LogP contribution in [0.15, 0.2) is 11.8 Å². The number of likely N-dealkylation sites (N-methyl/N-ethyl adjacent to an activating group) is 1. The fourth-order valence-electron chi connectivity index (χ4n) is 2.27. The summed E-state index contributed by atoms with van der Waals surface area (Å²) in [4.78, 5) is 26.7. The van der Waals surface area contributed by atoms with E-state index in [1.807, 2.05) is 25.7 Å². The summed E-state index contributed by atoms with van der Waals surface area (Å²) in [6.45, 7) is 6.63. The zero-order valence-electron chi connectivity index (χ0n) is 13.0. The Balaban J connectivity index is 2.63. The average Bonchev–Trinajstić information content (AvgIpc) is 2.85. The zero-order valence-corrected chi connectivity index (χ0v) is 13.0. The number of amides is 1. The maximum absolute atomic E-state index is 12.3. The van der Waals surface area contributed by atoms with Gasteiger partial charge in [0.2, 0.25) is 5.91 Å². The van der Waals surface area contributed by atoms with Crippen molar-refractivity contribution < 1.29 is 14.7 Å². The Hall–Kier alpha value is -1.36. The van der Waals surface area contributed by atoms with Crippen molar-refractivity contribution in [3.63, 3.8) is 0 Å². The van der Waals surface area contributed by atoms with Crippen LogP contribution in [0.1, 0.15) is 46.5 Å². The summed E-state index contributed by atoms with van der Waals surface area (Å²) in [5.41, 5.74) is 0.859. The second-order valence-corrected chi connectivity index (χ2v) is 6.28. The average molecular weight is 282 g/mol. The maximum atomic E-state index is 12.3. The highest BCUT2D eigenvalue weighted by atomic mass is 16.4. The van der Waals surface area contributed by atoms with Crippen LogP contribution in [-0.4, -0.2) is 52.5 Å². The van der Waals surface area contributed by atoms with Crippen molar-refractivity contribution in [3.05, 3.63) is 11.8 Å². The smallest absolute Gasteiger partial charge is 0.304 e. The molecule has 0 aromatic rings. The molecular formula is C15H26N2O3. The molecule has 0 aromatic carbocycles. The minimum Gasteiger partial charge on any atom is -0.481 e. The van der Waals surface area contributed by atoms with E-state index in [9.17, 15) is 9.59 Å². The fourth-order valence-corrected chi connectivity index (χ4v) is 2.27. The lowest BCUT2D eigenvalue weighted by atomic mass is 10.1. The van der Waals surface area contributed by atoms with Gasteiger partial charge in [-0.25, -0.2) is 0 Å². The van der Waals surface area contributed by atoms with Gasteiger partial charge in [-0.3, -0.25) is 14.5 Å². The molecule has 0 saturated heterocycles. The summed E-state index contributed by atoms with van der Waals surface area (Å²) in [5.74, 6) is -0.808. The number of carbonyl (C=O) groups excluding carboxylic acids is 1. The van der Waals surface area contributed by atoms with Crippen molar-refractivity contribution >= 4 is 11.9 Å². The van der Waals surface area contributed by atoms with Gasteiger partial charge in [-0.2, -0.15) is 0 Å². The van der Waals surface area contributed by atoms with Crippen LogP contribution in [-0.2, 0) is 9.59 Å². The Bertz CT molecular complexity index is 396. The summed E-state index contributed by atoms with van der Waals surface area (Å²) in [5, 5.41) is 8.81.